The lowest BCUT2D eigenvalue weighted by Gasteiger charge is -2.13. The molecule has 0 saturated heterocycles. The number of aryl methyl sites for hydroxylation is 3. The van der Waals surface area contributed by atoms with Crippen LogP contribution in [-0.2, 0) is 14.3 Å². The zero-order chi connectivity index (χ0) is 16.3. The number of ether oxygens (including phenoxy) is 1. The van der Waals surface area contributed by atoms with Crippen LogP contribution < -0.4 is 10.6 Å². The zero-order valence-corrected chi connectivity index (χ0v) is 13.7. The fraction of sp³-hybridized carbons (Fsp3) is 0.529. The summed E-state index contributed by atoms with van der Waals surface area (Å²) in [5, 5.41) is 5.76. The van der Waals surface area contributed by atoms with Gasteiger partial charge in [-0.3, -0.25) is 9.59 Å². The molecule has 0 heterocycles. The topological polar surface area (TPSA) is 67.4 Å². The highest BCUT2D eigenvalue weighted by atomic mass is 16.5. The molecule has 1 fully saturated rings. The summed E-state index contributed by atoms with van der Waals surface area (Å²) < 4.78 is 4.89. The van der Waals surface area contributed by atoms with Crippen molar-refractivity contribution in [1.29, 1.82) is 0 Å². The van der Waals surface area contributed by atoms with Crippen LogP contribution in [0.4, 0.5) is 5.69 Å². The van der Waals surface area contributed by atoms with Gasteiger partial charge >= 0.3 is 0 Å². The number of hydrogen-bond acceptors (Lipinski definition) is 3. The minimum absolute atomic E-state index is 0.0606. The molecule has 0 spiro atoms. The molecule has 0 radical (unpaired) electrons. The Kier molecular flexibility index (Phi) is 5.19. The van der Waals surface area contributed by atoms with E-state index >= 15 is 0 Å². The smallest absolute Gasteiger partial charge is 0.228 e. The van der Waals surface area contributed by atoms with Crippen LogP contribution in [0.3, 0.4) is 0 Å². The van der Waals surface area contributed by atoms with Crippen LogP contribution in [0.25, 0.3) is 0 Å². The van der Waals surface area contributed by atoms with E-state index in [4.69, 9.17) is 4.74 Å². The van der Waals surface area contributed by atoms with E-state index in [0.29, 0.717) is 19.6 Å². The second-order valence-electron chi connectivity index (χ2n) is 6.00. The van der Waals surface area contributed by atoms with Gasteiger partial charge in [0.15, 0.2) is 0 Å². The van der Waals surface area contributed by atoms with Crippen molar-refractivity contribution in [3.63, 3.8) is 0 Å². The number of anilines is 1. The van der Waals surface area contributed by atoms with Gasteiger partial charge in [-0.05, 0) is 38.3 Å². The molecule has 2 N–H and O–H groups in total. The summed E-state index contributed by atoms with van der Waals surface area (Å²) in [5.74, 6) is -0.554. The Bertz CT molecular complexity index is 560. The summed E-state index contributed by atoms with van der Waals surface area (Å²) in [6.45, 7) is 6.97. The van der Waals surface area contributed by atoms with Crippen molar-refractivity contribution in [3.05, 3.63) is 28.8 Å². The predicted octanol–water partition coefficient (Wildman–Crippen LogP) is 1.95. The second kappa shape index (κ2) is 6.92. The van der Waals surface area contributed by atoms with Crippen molar-refractivity contribution in [2.24, 2.45) is 11.8 Å². The van der Waals surface area contributed by atoms with Gasteiger partial charge in [-0.1, -0.05) is 17.7 Å². The molecule has 120 valence electrons. The Hall–Kier alpha value is -1.88. The molecule has 0 aromatic heterocycles. The molecule has 2 rings (SSSR count). The van der Waals surface area contributed by atoms with Crippen LogP contribution in [-0.4, -0.2) is 32.1 Å². The maximum atomic E-state index is 12.3. The highest BCUT2D eigenvalue weighted by Gasteiger charge is 2.48. The molecule has 1 aliphatic rings. The molecule has 1 aliphatic carbocycles. The van der Waals surface area contributed by atoms with Gasteiger partial charge in [0.2, 0.25) is 11.8 Å². The van der Waals surface area contributed by atoms with Crippen LogP contribution in [0.15, 0.2) is 12.1 Å². The van der Waals surface area contributed by atoms with Gasteiger partial charge in [0, 0.05) is 19.3 Å². The predicted molar refractivity (Wildman–Crippen MR) is 85.8 cm³/mol. The monoisotopic (exact) mass is 304 g/mol. The molecule has 1 saturated carbocycles. The summed E-state index contributed by atoms with van der Waals surface area (Å²) in [7, 11) is 1.59. The first-order chi connectivity index (χ1) is 10.4. The normalized spacial score (nSPS) is 19.6. The lowest BCUT2D eigenvalue weighted by Crippen LogP contribution is -2.30. The number of rotatable bonds is 6. The SMILES string of the molecule is COCCNC(=O)C1CC1C(=O)Nc1c(C)cc(C)cc1C. The van der Waals surface area contributed by atoms with E-state index in [1.165, 1.54) is 5.56 Å². The van der Waals surface area contributed by atoms with E-state index in [0.717, 1.165) is 16.8 Å². The molecule has 2 atom stereocenters. The largest absolute Gasteiger partial charge is 0.383 e. The van der Waals surface area contributed by atoms with E-state index in [1.807, 2.05) is 32.9 Å². The number of amides is 2. The molecule has 5 nitrogen and oxygen atoms in total. The van der Waals surface area contributed by atoms with Crippen LogP contribution >= 0.6 is 0 Å². The van der Waals surface area contributed by atoms with Gasteiger partial charge in [0.1, 0.15) is 0 Å². The van der Waals surface area contributed by atoms with Gasteiger partial charge < -0.3 is 15.4 Å². The molecule has 0 aliphatic heterocycles. The molecule has 1 aromatic rings. The van der Waals surface area contributed by atoms with Crippen LogP contribution in [0.5, 0.6) is 0 Å². The fourth-order valence-corrected chi connectivity index (χ4v) is 2.78. The summed E-state index contributed by atoms with van der Waals surface area (Å²) >= 11 is 0. The highest BCUT2D eigenvalue weighted by Crippen LogP contribution is 2.40. The number of carbonyl (C=O) groups excluding carboxylic acids is 2. The average molecular weight is 304 g/mol. The average Bonchev–Trinajstić information content (AvgIpc) is 3.23. The Morgan fingerprint density at radius 2 is 1.73 bits per heavy atom. The zero-order valence-electron chi connectivity index (χ0n) is 13.7. The number of carbonyl (C=O) groups is 2. The summed E-state index contributed by atoms with van der Waals surface area (Å²) in [6, 6.07) is 4.09. The second-order valence-corrected chi connectivity index (χ2v) is 6.00. The van der Waals surface area contributed by atoms with Crippen molar-refractivity contribution in [3.8, 4) is 0 Å². The summed E-state index contributed by atoms with van der Waals surface area (Å²) in [6.07, 6.45) is 0.620. The molecule has 5 heteroatoms. The van der Waals surface area contributed by atoms with E-state index in [2.05, 4.69) is 10.6 Å². The molecule has 1 aromatic carbocycles. The maximum Gasteiger partial charge on any atom is 0.228 e. The van der Waals surface area contributed by atoms with Gasteiger partial charge in [0.05, 0.1) is 18.4 Å². The minimum atomic E-state index is -0.220. The fourth-order valence-electron chi connectivity index (χ4n) is 2.78. The third kappa shape index (κ3) is 3.85. The first-order valence-electron chi connectivity index (χ1n) is 7.59. The molecule has 0 bridgehead atoms. The van der Waals surface area contributed by atoms with Crippen molar-refractivity contribution in [1.82, 2.24) is 5.32 Å². The Labute approximate surface area is 131 Å². The molecular weight excluding hydrogens is 280 g/mol. The van der Waals surface area contributed by atoms with Crippen molar-refractivity contribution in [2.45, 2.75) is 27.2 Å². The molecule has 22 heavy (non-hydrogen) atoms. The molecule has 2 amide bonds. The first kappa shape index (κ1) is 16.5. The lowest BCUT2D eigenvalue weighted by molar-refractivity contribution is -0.125. The number of nitrogens with one attached hydrogen (secondary N) is 2. The Morgan fingerprint density at radius 1 is 1.14 bits per heavy atom. The van der Waals surface area contributed by atoms with Crippen LogP contribution in [0.2, 0.25) is 0 Å². The Balaban J connectivity index is 1.91. The van der Waals surface area contributed by atoms with E-state index < -0.39 is 0 Å². The third-order valence-corrected chi connectivity index (χ3v) is 3.99. The number of hydrogen-bond donors (Lipinski definition) is 2. The lowest BCUT2D eigenvalue weighted by atomic mass is 10.0. The van der Waals surface area contributed by atoms with Crippen LogP contribution in [0, 0.1) is 32.6 Å². The highest BCUT2D eigenvalue weighted by molar-refractivity contribution is 6.00. The van der Waals surface area contributed by atoms with Gasteiger partial charge in [-0.25, -0.2) is 0 Å². The summed E-state index contributed by atoms with van der Waals surface area (Å²) in [4.78, 5) is 24.2. The minimum Gasteiger partial charge on any atom is -0.383 e. The maximum absolute atomic E-state index is 12.3. The van der Waals surface area contributed by atoms with Gasteiger partial charge in [-0.15, -0.1) is 0 Å². The van der Waals surface area contributed by atoms with Crippen molar-refractivity contribution in [2.75, 3.05) is 25.6 Å². The van der Waals surface area contributed by atoms with E-state index in [9.17, 15) is 9.59 Å². The van der Waals surface area contributed by atoms with Crippen molar-refractivity contribution < 1.29 is 14.3 Å². The van der Waals surface area contributed by atoms with Gasteiger partial charge in [-0.2, -0.15) is 0 Å². The summed E-state index contributed by atoms with van der Waals surface area (Å²) in [5.41, 5.74) is 4.14. The Morgan fingerprint density at radius 3 is 2.32 bits per heavy atom. The standard InChI is InChI=1S/C17H24N2O3/c1-10-7-11(2)15(12(3)8-10)19-17(21)14-9-13(14)16(20)18-5-6-22-4/h7-8,13-14H,5-6,9H2,1-4H3,(H,18,20)(H,19,21). The first-order valence-corrected chi connectivity index (χ1v) is 7.59. The quantitative estimate of drug-likeness (QED) is 0.789. The molecular formula is C17H24N2O3. The molecule has 2 unspecified atom stereocenters. The van der Waals surface area contributed by atoms with Crippen molar-refractivity contribution >= 4 is 17.5 Å². The number of methoxy groups -OCH3 is 1. The number of benzene rings is 1. The third-order valence-electron chi connectivity index (χ3n) is 3.99. The van der Waals surface area contributed by atoms with E-state index in [1.54, 1.807) is 7.11 Å². The van der Waals surface area contributed by atoms with Crippen LogP contribution in [0.1, 0.15) is 23.1 Å². The van der Waals surface area contributed by atoms with E-state index in [-0.39, 0.29) is 23.7 Å². The van der Waals surface area contributed by atoms with Gasteiger partial charge in [0.25, 0.3) is 0 Å².